The van der Waals surface area contributed by atoms with Gasteiger partial charge in [0.1, 0.15) is 0 Å². The molecule has 1 heterocycles. The van der Waals surface area contributed by atoms with Gasteiger partial charge >= 0.3 is 5.97 Å². The number of nitrogens with one attached hydrogen (secondary N) is 1. The first kappa shape index (κ1) is 17.4. The van der Waals surface area contributed by atoms with E-state index in [0.29, 0.717) is 19.5 Å². The van der Waals surface area contributed by atoms with Gasteiger partial charge in [0, 0.05) is 19.2 Å². The first-order chi connectivity index (χ1) is 11.6. The molecule has 0 fully saturated rings. The number of aromatic nitrogens is 2. The number of hydrogen-bond donors (Lipinski definition) is 1. The Kier molecular flexibility index (Phi) is 6.24. The van der Waals surface area contributed by atoms with Gasteiger partial charge in [-0.15, -0.1) is 0 Å². The number of ether oxygens (including phenoxy) is 1. The van der Waals surface area contributed by atoms with E-state index in [-0.39, 0.29) is 11.3 Å². The van der Waals surface area contributed by atoms with E-state index in [0.717, 1.165) is 5.56 Å². The Morgan fingerprint density at radius 2 is 1.92 bits per heavy atom. The molecule has 2 rings (SSSR count). The molecule has 0 radical (unpaired) electrons. The number of rotatable bonds is 7. The lowest BCUT2D eigenvalue weighted by Gasteiger charge is -2.07. The molecule has 0 aliphatic rings. The highest BCUT2D eigenvalue weighted by Gasteiger charge is 2.13. The van der Waals surface area contributed by atoms with Crippen LogP contribution in [0.4, 0.5) is 0 Å². The van der Waals surface area contributed by atoms with Crippen molar-refractivity contribution in [3.05, 3.63) is 64.1 Å². The van der Waals surface area contributed by atoms with Crippen molar-refractivity contribution in [2.45, 2.75) is 26.4 Å². The van der Waals surface area contributed by atoms with Gasteiger partial charge in [0.2, 0.25) is 0 Å². The van der Waals surface area contributed by atoms with Crippen molar-refractivity contribution in [1.82, 2.24) is 15.1 Å². The first-order valence-corrected chi connectivity index (χ1v) is 7.66. The van der Waals surface area contributed by atoms with Crippen molar-refractivity contribution in [2.24, 2.45) is 0 Å². The molecule has 126 valence electrons. The minimum Gasteiger partial charge on any atom is -0.451 e. The summed E-state index contributed by atoms with van der Waals surface area (Å²) < 4.78 is 6.12. The normalized spacial score (nSPS) is 10.2. The van der Waals surface area contributed by atoms with Crippen LogP contribution in [0.2, 0.25) is 0 Å². The molecule has 0 unspecified atom stereocenters. The minimum absolute atomic E-state index is 0.00101. The van der Waals surface area contributed by atoms with Crippen LogP contribution in [-0.4, -0.2) is 28.3 Å². The summed E-state index contributed by atoms with van der Waals surface area (Å²) in [5.74, 6) is -1.15. The van der Waals surface area contributed by atoms with Crippen molar-refractivity contribution in [3.8, 4) is 0 Å². The van der Waals surface area contributed by atoms with Crippen LogP contribution < -0.4 is 10.9 Å². The minimum atomic E-state index is -0.741. The number of esters is 1. The molecule has 0 bridgehead atoms. The van der Waals surface area contributed by atoms with Gasteiger partial charge in [-0.2, -0.15) is 5.10 Å². The molecule has 0 aliphatic heterocycles. The number of nitrogens with zero attached hydrogens (tertiary/aromatic N) is 2. The lowest BCUT2D eigenvalue weighted by atomic mass is 10.2. The summed E-state index contributed by atoms with van der Waals surface area (Å²) in [5, 5.41) is 6.59. The molecular formula is C17H19N3O4. The van der Waals surface area contributed by atoms with E-state index in [2.05, 4.69) is 10.4 Å². The predicted octanol–water partition coefficient (Wildman–Crippen LogP) is 1.13. The SMILES string of the molecule is CCCn1nc(C(=O)OCC(=O)NCc2ccccc2)ccc1=O. The van der Waals surface area contributed by atoms with Crippen LogP contribution in [0.5, 0.6) is 0 Å². The third-order valence-electron chi connectivity index (χ3n) is 3.18. The van der Waals surface area contributed by atoms with E-state index in [4.69, 9.17) is 4.74 Å². The maximum absolute atomic E-state index is 11.9. The third kappa shape index (κ3) is 5.05. The second-order valence-electron chi connectivity index (χ2n) is 5.12. The summed E-state index contributed by atoms with van der Waals surface area (Å²) in [6.45, 7) is 2.27. The highest BCUT2D eigenvalue weighted by molar-refractivity contribution is 5.89. The smallest absolute Gasteiger partial charge is 0.359 e. The summed E-state index contributed by atoms with van der Waals surface area (Å²) in [6.07, 6.45) is 0.716. The monoisotopic (exact) mass is 329 g/mol. The molecule has 7 heteroatoms. The Morgan fingerprint density at radius 1 is 1.17 bits per heavy atom. The zero-order valence-corrected chi connectivity index (χ0v) is 13.4. The standard InChI is InChI=1S/C17H19N3O4/c1-2-10-20-16(22)9-8-14(19-20)17(23)24-12-15(21)18-11-13-6-4-3-5-7-13/h3-9H,2,10-12H2,1H3,(H,18,21). The predicted molar refractivity (Wildman–Crippen MR) is 87.4 cm³/mol. The number of amides is 1. The Morgan fingerprint density at radius 3 is 2.62 bits per heavy atom. The van der Waals surface area contributed by atoms with Gasteiger partial charge in [0.15, 0.2) is 12.3 Å². The third-order valence-corrected chi connectivity index (χ3v) is 3.18. The van der Waals surface area contributed by atoms with E-state index in [1.807, 2.05) is 37.3 Å². The van der Waals surface area contributed by atoms with Gasteiger partial charge in [-0.1, -0.05) is 37.3 Å². The van der Waals surface area contributed by atoms with Gasteiger partial charge in [-0.3, -0.25) is 9.59 Å². The van der Waals surface area contributed by atoms with Crippen LogP contribution in [0, 0.1) is 0 Å². The molecule has 1 N–H and O–H groups in total. The largest absolute Gasteiger partial charge is 0.451 e. The zero-order chi connectivity index (χ0) is 17.4. The number of hydrogen-bond acceptors (Lipinski definition) is 5. The Bertz CT molecular complexity index is 756. The van der Waals surface area contributed by atoms with Crippen LogP contribution in [0.1, 0.15) is 29.4 Å². The van der Waals surface area contributed by atoms with Gasteiger partial charge in [0.25, 0.3) is 11.5 Å². The van der Waals surface area contributed by atoms with Gasteiger partial charge < -0.3 is 10.1 Å². The molecule has 1 aromatic heterocycles. The van der Waals surface area contributed by atoms with E-state index >= 15 is 0 Å². The van der Waals surface area contributed by atoms with E-state index in [1.54, 1.807) is 0 Å². The van der Waals surface area contributed by atoms with Crippen LogP contribution >= 0.6 is 0 Å². The molecule has 1 aromatic carbocycles. The van der Waals surface area contributed by atoms with Crippen molar-refractivity contribution >= 4 is 11.9 Å². The van der Waals surface area contributed by atoms with Crippen molar-refractivity contribution < 1.29 is 14.3 Å². The lowest BCUT2D eigenvalue weighted by Crippen LogP contribution is -2.29. The molecule has 0 atom stereocenters. The lowest BCUT2D eigenvalue weighted by molar-refractivity contribution is -0.124. The maximum Gasteiger partial charge on any atom is 0.359 e. The van der Waals surface area contributed by atoms with E-state index in [9.17, 15) is 14.4 Å². The fourth-order valence-corrected chi connectivity index (χ4v) is 1.98. The average Bonchev–Trinajstić information content (AvgIpc) is 2.61. The summed E-state index contributed by atoms with van der Waals surface area (Å²) in [6, 6.07) is 11.9. The van der Waals surface area contributed by atoms with E-state index in [1.165, 1.54) is 16.8 Å². The summed E-state index contributed by atoms with van der Waals surface area (Å²) in [7, 11) is 0. The Labute approximate surface area is 139 Å². The molecule has 2 aromatic rings. The van der Waals surface area contributed by atoms with Crippen LogP contribution in [0.25, 0.3) is 0 Å². The van der Waals surface area contributed by atoms with Crippen molar-refractivity contribution in [1.29, 1.82) is 0 Å². The summed E-state index contributed by atoms with van der Waals surface area (Å²) in [5.41, 5.74) is 0.665. The number of carbonyl (C=O) groups is 2. The quantitative estimate of drug-likeness (QED) is 0.769. The average molecular weight is 329 g/mol. The summed E-state index contributed by atoms with van der Waals surface area (Å²) in [4.78, 5) is 35.2. The van der Waals surface area contributed by atoms with Gasteiger partial charge in [-0.05, 0) is 18.1 Å². The van der Waals surface area contributed by atoms with Crippen LogP contribution in [0.15, 0.2) is 47.3 Å². The fraction of sp³-hybridized carbons (Fsp3) is 0.294. The second-order valence-corrected chi connectivity index (χ2v) is 5.12. The second kappa shape index (κ2) is 8.61. The topological polar surface area (TPSA) is 90.3 Å². The highest BCUT2D eigenvalue weighted by atomic mass is 16.5. The highest BCUT2D eigenvalue weighted by Crippen LogP contribution is 1.98. The fourth-order valence-electron chi connectivity index (χ4n) is 1.98. The van der Waals surface area contributed by atoms with E-state index < -0.39 is 18.5 Å². The molecule has 1 amide bonds. The molecule has 0 saturated heterocycles. The number of aryl methyl sites for hydroxylation is 1. The van der Waals surface area contributed by atoms with Crippen molar-refractivity contribution in [3.63, 3.8) is 0 Å². The van der Waals surface area contributed by atoms with Crippen molar-refractivity contribution in [2.75, 3.05) is 6.61 Å². The molecule has 0 spiro atoms. The summed E-state index contributed by atoms with van der Waals surface area (Å²) >= 11 is 0. The Balaban J connectivity index is 1.85. The molecular weight excluding hydrogens is 310 g/mol. The Hall–Kier alpha value is -2.96. The van der Waals surface area contributed by atoms with Gasteiger partial charge in [-0.25, -0.2) is 9.48 Å². The first-order valence-electron chi connectivity index (χ1n) is 7.66. The van der Waals surface area contributed by atoms with Gasteiger partial charge in [0.05, 0.1) is 0 Å². The number of benzene rings is 1. The van der Waals surface area contributed by atoms with Crippen LogP contribution in [0.3, 0.4) is 0 Å². The molecule has 24 heavy (non-hydrogen) atoms. The maximum atomic E-state index is 11.9. The number of carbonyl (C=O) groups excluding carboxylic acids is 2. The van der Waals surface area contributed by atoms with Crippen LogP contribution in [-0.2, 0) is 22.6 Å². The molecule has 0 saturated carbocycles. The molecule has 0 aliphatic carbocycles. The molecule has 7 nitrogen and oxygen atoms in total. The zero-order valence-electron chi connectivity index (χ0n) is 13.4.